The highest BCUT2D eigenvalue weighted by Crippen LogP contribution is 2.34. The summed E-state index contributed by atoms with van der Waals surface area (Å²) in [4.78, 5) is 14.5. The fraction of sp³-hybridized carbons (Fsp3) is 0.278. The predicted molar refractivity (Wildman–Crippen MR) is 86.3 cm³/mol. The number of anilines is 2. The van der Waals surface area contributed by atoms with E-state index in [9.17, 15) is 9.18 Å². The van der Waals surface area contributed by atoms with Crippen LogP contribution in [0.3, 0.4) is 0 Å². The Hall–Kier alpha value is -2.36. The largest absolute Gasteiger partial charge is 0.372 e. The van der Waals surface area contributed by atoms with Crippen molar-refractivity contribution in [2.75, 3.05) is 10.2 Å². The van der Waals surface area contributed by atoms with Gasteiger partial charge in [-0.1, -0.05) is 38.1 Å². The van der Waals surface area contributed by atoms with Crippen molar-refractivity contribution in [3.63, 3.8) is 0 Å². The average molecular weight is 298 g/mol. The SMILES string of the molecule is CC(C)C1Nc2ccccc2N(Cc2cccc(F)c2)C1=O. The van der Waals surface area contributed by atoms with Gasteiger partial charge in [-0.15, -0.1) is 0 Å². The van der Waals surface area contributed by atoms with Crippen molar-refractivity contribution in [1.82, 2.24) is 0 Å². The molecule has 0 spiro atoms. The van der Waals surface area contributed by atoms with Gasteiger partial charge in [0.2, 0.25) is 5.91 Å². The van der Waals surface area contributed by atoms with Crippen molar-refractivity contribution in [3.05, 3.63) is 59.9 Å². The highest BCUT2D eigenvalue weighted by Gasteiger charge is 2.33. The summed E-state index contributed by atoms with van der Waals surface area (Å²) in [6, 6.07) is 13.9. The quantitative estimate of drug-likeness (QED) is 0.934. The van der Waals surface area contributed by atoms with E-state index in [0.717, 1.165) is 16.9 Å². The molecule has 1 aliphatic heterocycles. The molecule has 22 heavy (non-hydrogen) atoms. The number of carbonyl (C=O) groups excluding carboxylic acids is 1. The van der Waals surface area contributed by atoms with E-state index in [1.807, 2.05) is 44.2 Å². The number of nitrogens with zero attached hydrogens (tertiary/aromatic N) is 1. The predicted octanol–water partition coefficient (Wildman–Crippen LogP) is 3.81. The normalized spacial score (nSPS) is 17.4. The highest BCUT2D eigenvalue weighted by atomic mass is 19.1. The lowest BCUT2D eigenvalue weighted by atomic mass is 9.98. The van der Waals surface area contributed by atoms with Crippen molar-refractivity contribution in [2.45, 2.75) is 26.4 Å². The standard InChI is InChI=1S/C18H19FN2O/c1-12(2)17-18(22)21(11-13-6-5-7-14(19)10-13)16-9-4-3-8-15(16)20-17/h3-10,12,17,20H,11H2,1-2H3. The minimum Gasteiger partial charge on any atom is -0.372 e. The van der Waals surface area contributed by atoms with Gasteiger partial charge in [0, 0.05) is 0 Å². The van der Waals surface area contributed by atoms with Gasteiger partial charge in [-0.05, 0) is 35.7 Å². The van der Waals surface area contributed by atoms with Crippen LogP contribution in [0.1, 0.15) is 19.4 Å². The molecule has 0 bridgehead atoms. The van der Waals surface area contributed by atoms with E-state index >= 15 is 0 Å². The van der Waals surface area contributed by atoms with Gasteiger partial charge < -0.3 is 10.2 Å². The van der Waals surface area contributed by atoms with Gasteiger partial charge in [0.05, 0.1) is 17.9 Å². The molecule has 114 valence electrons. The molecule has 2 aromatic rings. The number of para-hydroxylation sites is 2. The van der Waals surface area contributed by atoms with Crippen molar-refractivity contribution >= 4 is 17.3 Å². The maximum atomic E-state index is 13.4. The summed E-state index contributed by atoms with van der Waals surface area (Å²) in [5.74, 6) is -0.0809. The molecule has 2 aromatic carbocycles. The Morgan fingerprint density at radius 1 is 1.18 bits per heavy atom. The molecule has 3 nitrogen and oxygen atoms in total. The molecule has 1 N–H and O–H groups in total. The van der Waals surface area contributed by atoms with Crippen LogP contribution < -0.4 is 10.2 Å². The third kappa shape index (κ3) is 2.69. The van der Waals surface area contributed by atoms with E-state index in [0.29, 0.717) is 6.54 Å². The van der Waals surface area contributed by atoms with Gasteiger partial charge in [-0.25, -0.2) is 4.39 Å². The van der Waals surface area contributed by atoms with E-state index in [2.05, 4.69) is 5.32 Å². The first-order valence-corrected chi connectivity index (χ1v) is 7.47. The van der Waals surface area contributed by atoms with E-state index in [4.69, 9.17) is 0 Å². The second-order valence-electron chi connectivity index (χ2n) is 5.94. The third-order valence-corrected chi connectivity index (χ3v) is 3.93. The molecular weight excluding hydrogens is 279 g/mol. The van der Waals surface area contributed by atoms with Crippen LogP contribution in [0.4, 0.5) is 15.8 Å². The molecule has 0 aliphatic carbocycles. The average Bonchev–Trinajstić information content (AvgIpc) is 2.49. The molecule has 0 saturated carbocycles. The van der Waals surface area contributed by atoms with Crippen molar-refractivity contribution < 1.29 is 9.18 Å². The zero-order chi connectivity index (χ0) is 15.7. The summed E-state index contributed by atoms with van der Waals surface area (Å²) in [7, 11) is 0. The topological polar surface area (TPSA) is 32.3 Å². The molecule has 1 unspecified atom stereocenters. The van der Waals surface area contributed by atoms with Gasteiger partial charge in [0.25, 0.3) is 0 Å². The number of halogens is 1. The zero-order valence-electron chi connectivity index (χ0n) is 12.7. The maximum absolute atomic E-state index is 13.4. The minimum absolute atomic E-state index is 0.0259. The lowest BCUT2D eigenvalue weighted by molar-refractivity contribution is -0.120. The minimum atomic E-state index is -0.284. The van der Waals surface area contributed by atoms with Crippen LogP contribution >= 0.6 is 0 Å². The number of benzene rings is 2. The Bertz CT molecular complexity index is 699. The zero-order valence-corrected chi connectivity index (χ0v) is 12.7. The molecule has 0 aromatic heterocycles. The Labute approximate surface area is 129 Å². The number of hydrogen-bond donors (Lipinski definition) is 1. The van der Waals surface area contributed by atoms with Gasteiger partial charge in [0.1, 0.15) is 11.9 Å². The first kappa shape index (κ1) is 14.6. The van der Waals surface area contributed by atoms with Crippen LogP contribution in [-0.4, -0.2) is 11.9 Å². The van der Waals surface area contributed by atoms with Crippen LogP contribution in [0.15, 0.2) is 48.5 Å². The molecular formula is C18H19FN2O. The monoisotopic (exact) mass is 298 g/mol. The number of nitrogens with one attached hydrogen (secondary N) is 1. The second-order valence-corrected chi connectivity index (χ2v) is 5.94. The maximum Gasteiger partial charge on any atom is 0.250 e. The Morgan fingerprint density at radius 3 is 2.68 bits per heavy atom. The summed E-state index contributed by atoms with van der Waals surface area (Å²) in [6.07, 6.45) is 0. The van der Waals surface area contributed by atoms with Crippen LogP contribution in [0.5, 0.6) is 0 Å². The molecule has 1 heterocycles. The van der Waals surface area contributed by atoms with Crippen LogP contribution in [0, 0.1) is 11.7 Å². The number of rotatable bonds is 3. The van der Waals surface area contributed by atoms with Crippen LogP contribution in [0.25, 0.3) is 0 Å². The Kier molecular flexibility index (Phi) is 3.84. The van der Waals surface area contributed by atoms with Crippen molar-refractivity contribution in [2.24, 2.45) is 5.92 Å². The molecule has 1 atom stereocenters. The van der Waals surface area contributed by atoms with Gasteiger partial charge in [-0.3, -0.25) is 4.79 Å². The summed E-state index contributed by atoms with van der Waals surface area (Å²) in [6.45, 7) is 4.41. The molecule has 0 radical (unpaired) electrons. The molecule has 1 amide bonds. The Balaban J connectivity index is 1.98. The van der Waals surface area contributed by atoms with Crippen LogP contribution in [0.2, 0.25) is 0 Å². The van der Waals surface area contributed by atoms with Gasteiger partial charge in [-0.2, -0.15) is 0 Å². The van der Waals surface area contributed by atoms with Crippen LogP contribution in [-0.2, 0) is 11.3 Å². The lowest BCUT2D eigenvalue weighted by Gasteiger charge is -2.37. The number of carbonyl (C=O) groups is 1. The van der Waals surface area contributed by atoms with Gasteiger partial charge in [0.15, 0.2) is 0 Å². The highest BCUT2D eigenvalue weighted by molar-refractivity contribution is 6.04. The third-order valence-electron chi connectivity index (χ3n) is 3.93. The van der Waals surface area contributed by atoms with E-state index < -0.39 is 0 Å². The number of hydrogen-bond acceptors (Lipinski definition) is 2. The second kappa shape index (κ2) is 5.79. The van der Waals surface area contributed by atoms with E-state index in [1.54, 1.807) is 11.0 Å². The fourth-order valence-electron chi connectivity index (χ4n) is 2.78. The van der Waals surface area contributed by atoms with Crippen molar-refractivity contribution in [1.29, 1.82) is 0 Å². The lowest BCUT2D eigenvalue weighted by Crippen LogP contribution is -2.49. The molecule has 1 aliphatic rings. The molecule has 0 saturated heterocycles. The summed E-state index contributed by atoms with van der Waals surface area (Å²) >= 11 is 0. The van der Waals surface area contributed by atoms with E-state index in [1.165, 1.54) is 12.1 Å². The van der Waals surface area contributed by atoms with Crippen molar-refractivity contribution in [3.8, 4) is 0 Å². The first-order valence-electron chi connectivity index (χ1n) is 7.47. The number of fused-ring (bicyclic) bond motifs is 1. The number of amides is 1. The van der Waals surface area contributed by atoms with E-state index in [-0.39, 0.29) is 23.7 Å². The Morgan fingerprint density at radius 2 is 1.95 bits per heavy atom. The summed E-state index contributed by atoms with van der Waals surface area (Å²) in [5, 5.41) is 3.31. The summed E-state index contributed by atoms with van der Waals surface area (Å²) < 4.78 is 13.4. The summed E-state index contributed by atoms with van der Waals surface area (Å²) in [5.41, 5.74) is 2.57. The molecule has 4 heteroatoms. The smallest absolute Gasteiger partial charge is 0.250 e. The van der Waals surface area contributed by atoms with Gasteiger partial charge >= 0.3 is 0 Å². The fourth-order valence-corrected chi connectivity index (χ4v) is 2.78. The first-order chi connectivity index (χ1) is 10.6. The molecule has 0 fully saturated rings. The molecule has 3 rings (SSSR count).